The first-order valence-electron chi connectivity index (χ1n) is 9.37. The van der Waals surface area contributed by atoms with Crippen molar-refractivity contribution in [1.29, 1.82) is 0 Å². The van der Waals surface area contributed by atoms with Crippen LogP contribution in [0.5, 0.6) is 11.5 Å². The molecule has 28 heavy (non-hydrogen) atoms. The maximum atomic E-state index is 12.2. The fraction of sp³-hybridized carbons (Fsp3) is 0.273. The van der Waals surface area contributed by atoms with Gasteiger partial charge in [-0.05, 0) is 61.2 Å². The fourth-order valence-corrected chi connectivity index (χ4v) is 2.94. The molecule has 6 nitrogen and oxygen atoms in total. The van der Waals surface area contributed by atoms with E-state index in [1.165, 1.54) is 6.08 Å². The first kappa shape index (κ1) is 18.1. The van der Waals surface area contributed by atoms with Gasteiger partial charge in [0, 0.05) is 17.7 Å². The third-order valence-corrected chi connectivity index (χ3v) is 4.77. The van der Waals surface area contributed by atoms with E-state index in [2.05, 4.69) is 10.6 Å². The smallest absolute Gasteiger partial charge is 0.251 e. The lowest BCUT2D eigenvalue weighted by Crippen LogP contribution is -2.25. The molecule has 1 heterocycles. The molecule has 2 N–H and O–H groups in total. The number of ether oxygens (including phenoxy) is 2. The molecular weight excluding hydrogens is 356 g/mol. The van der Waals surface area contributed by atoms with E-state index in [0.29, 0.717) is 17.4 Å². The molecule has 2 aromatic carbocycles. The van der Waals surface area contributed by atoms with Crippen molar-refractivity contribution in [3.8, 4) is 11.5 Å². The van der Waals surface area contributed by atoms with Crippen LogP contribution in [-0.2, 0) is 4.79 Å². The molecule has 0 aromatic heterocycles. The molecule has 2 amide bonds. The first-order chi connectivity index (χ1) is 13.6. The van der Waals surface area contributed by atoms with E-state index < -0.39 is 0 Å². The highest BCUT2D eigenvalue weighted by Gasteiger charge is 2.23. The molecule has 144 valence electrons. The zero-order chi connectivity index (χ0) is 19.5. The summed E-state index contributed by atoms with van der Waals surface area (Å²) in [6.45, 7) is 2.14. The van der Waals surface area contributed by atoms with Gasteiger partial charge in [0.2, 0.25) is 12.7 Å². The Kier molecular flexibility index (Phi) is 5.02. The van der Waals surface area contributed by atoms with Gasteiger partial charge in [-0.3, -0.25) is 9.59 Å². The molecule has 1 aliphatic heterocycles. The van der Waals surface area contributed by atoms with Crippen molar-refractivity contribution in [3.05, 3.63) is 65.2 Å². The molecule has 2 aliphatic rings. The molecule has 0 spiro atoms. The van der Waals surface area contributed by atoms with E-state index >= 15 is 0 Å². The minimum absolute atomic E-state index is 0.0478. The molecule has 1 atom stereocenters. The number of carbonyl (C=O) groups excluding carboxylic acids is 2. The average Bonchev–Trinajstić information content (AvgIpc) is 3.39. The standard InChI is InChI=1S/C22H22N2O4/c1-14(17-7-10-19-20(12-17)28-13-27-19)23-21(25)11-4-15-2-5-16(6-3-15)22(26)24-18-8-9-18/h2-7,10-12,14,18H,8-9,13H2,1H3,(H,23,25)(H,24,26)/b11-4+. The number of carbonyl (C=O) groups is 2. The Bertz CT molecular complexity index is 917. The summed E-state index contributed by atoms with van der Waals surface area (Å²) in [6.07, 6.45) is 5.34. The number of hydrogen-bond acceptors (Lipinski definition) is 4. The molecule has 1 aliphatic carbocycles. The van der Waals surface area contributed by atoms with Gasteiger partial charge in [0.15, 0.2) is 11.5 Å². The van der Waals surface area contributed by atoms with Gasteiger partial charge in [-0.25, -0.2) is 0 Å². The second kappa shape index (κ2) is 7.76. The highest BCUT2D eigenvalue weighted by molar-refractivity contribution is 5.95. The van der Waals surface area contributed by atoms with E-state index in [1.54, 1.807) is 18.2 Å². The van der Waals surface area contributed by atoms with Crippen molar-refractivity contribution in [2.75, 3.05) is 6.79 Å². The van der Waals surface area contributed by atoms with Crippen LogP contribution in [0.15, 0.2) is 48.5 Å². The minimum atomic E-state index is -0.194. The Morgan fingerprint density at radius 2 is 1.82 bits per heavy atom. The Balaban J connectivity index is 1.32. The van der Waals surface area contributed by atoms with E-state index in [1.807, 2.05) is 37.3 Å². The summed E-state index contributed by atoms with van der Waals surface area (Å²) in [4.78, 5) is 24.2. The second-order valence-corrected chi connectivity index (χ2v) is 7.05. The number of nitrogens with one attached hydrogen (secondary N) is 2. The van der Waals surface area contributed by atoms with E-state index in [-0.39, 0.29) is 24.6 Å². The Morgan fingerprint density at radius 3 is 2.57 bits per heavy atom. The van der Waals surface area contributed by atoms with Crippen LogP contribution in [0.3, 0.4) is 0 Å². The molecule has 0 saturated heterocycles. The van der Waals surface area contributed by atoms with Gasteiger partial charge in [-0.15, -0.1) is 0 Å². The summed E-state index contributed by atoms with van der Waals surface area (Å²) in [5.41, 5.74) is 2.43. The van der Waals surface area contributed by atoms with Gasteiger partial charge in [-0.2, -0.15) is 0 Å². The molecule has 1 fully saturated rings. The molecule has 4 rings (SSSR count). The van der Waals surface area contributed by atoms with Crippen molar-refractivity contribution < 1.29 is 19.1 Å². The summed E-state index contributed by atoms with van der Waals surface area (Å²) in [7, 11) is 0. The fourth-order valence-electron chi connectivity index (χ4n) is 2.94. The van der Waals surface area contributed by atoms with Crippen LogP contribution < -0.4 is 20.1 Å². The summed E-state index contributed by atoms with van der Waals surface area (Å²) in [5, 5.41) is 5.88. The van der Waals surface area contributed by atoms with Crippen LogP contribution in [0.1, 0.15) is 47.3 Å². The number of hydrogen-bond donors (Lipinski definition) is 2. The first-order valence-corrected chi connectivity index (χ1v) is 9.37. The zero-order valence-corrected chi connectivity index (χ0v) is 15.6. The minimum Gasteiger partial charge on any atom is -0.454 e. The highest BCUT2D eigenvalue weighted by Crippen LogP contribution is 2.34. The van der Waals surface area contributed by atoms with Gasteiger partial charge in [-0.1, -0.05) is 18.2 Å². The SMILES string of the molecule is CC(NC(=O)/C=C/c1ccc(C(=O)NC2CC2)cc1)c1ccc2c(c1)OCO2. The van der Waals surface area contributed by atoms with Crippen molar-refractivity contribution in [2.45, 2.75) is 31.8 Å². The Morgan fingerprint density at radius 1 is 1.07 bits per heavy atom. The van der Waals surface area contributed by atoms with Crippen molar-refractivity contribution in [2.24, 2.45) is 0 Å². The highest BCUT2D eigenvalue weighted by atomic mass is 16.7. The van der Waals surface area contributed by atoms with Crippen molar-refractivity contribution >= 4 is 17.9 Å². The van der Waals surface area contributed by atoms with Crippen LogP contribution in [0, 0.1) is 0 Å². The van der Waals surface area contributed by atoms with Crippen LogP contribution in [0.25, 0.3) is 6.08 Å². The zero-order valence-electron chi connectivity index (χ0n) is 15.6. The lowest BCUT2D eigenvalue weighted by Gasteiger charge is -2.13. The summed E-state index contributed by atoms with van der Waals surface area (Å²) >= 11 is 0. The largest absolute Gasteiger partial charge is 0.454 e. The van der Waals surface area contributed by atoms with Gasteiger partial charge < -0.3 is 20.1 Å². The normalized spacial score (nSPS) is 16.0. The molecular formula is C22H22N2O4. The average molecular weight is 378 g/mol. The lowest BCUT2D eigenvalue weighted by molar-refractivity contribution is -0.117. The monoisotopic (exact) mass is 378 g/mol. The molecule has 6 heteroatoms. The number of amides is 2. The van der Waals surface area contributed by atoms with Crippen molar-refractivity contribution in [1.82, 2.24) is 10.6 Å². The van der Waals surface area contributed by atoms with Gasteiger partial charge >= 0.3 is 0 Å². The number of benzene rings is 2. The molecule has 0 bridgehead atoms. The molecule has 1 saturated carbocycles. The number of rotatable bonds is 6. The molecule has 2 aromatic rings. The lowest BCUT2D eigenvalue weighted by atomic mass is 10.1. The van der Waals surface area contributed by atoms with E-state index in [9.17, 15) is 9.59 Å². The van der Waals surface area contributed by atoms with Crippen LogP contribution in [0.2, 0.25) is 0 Å². The predicted octanol–water partition coefficient (Wildman–Crippen LogP) is 3.20. The van der Waals surface area contributed by atoms with Crippen LogP contribution in [0.4, 0.5) is 0 Å². The van der Waals surface area contributed by atoms with E-state index in [4.69, 9.17) is 9.47 Å². The van der Waals surface area contributed by atoms with Crippen LogP contribution >= 0.6 is 0 Å². The Labute approximate surface area is 163 Å². The topological polar surface area (TPSA) is 76.7 Å². The van der Waals surface area contributed by atoms with Gasteiger partial charge in [0.05, 0.1) is 6.04 Å². The van der Waals surface area contributed by atoms with Crippen molar-refractivity contribution in [3.63, 3.8) is 0 Å². The summed E-state index contributed by atoms with van der Waals surface area (Å²) in [5.74, 6) is 1.17. The van der Waals surface area contributed by atoms with Gasteiger partial charge in [0.1, 0.15) is 0 Å². The Hall–Kier alpha value is -3.28. The maximum Gasteiger partial charge on any atom is 0.251 e. The number of fused-ring (bicyclic) bond motifs is 1. The molecule has 1 unspecified atom stereocenters. The predicted molar refractivity (Wildman–Crippen MR) is 105 cm³/mol. The van der Waals surface area contributed by atoms with Crippen LogP contribution in [-0.4, -0.2) is 24.6 Å². The summed E-state index contributed by atoms with van der Waals surface area (Å²) < 4.78 is 10.7. The maximum absolute atomic E-state index is 12.2. The van der Waals surface area contributed by atoms with Gasteiger partial charge in [0.25, 0.3) is 5.91 Å². The molecule has 0 radical (unpaired) electrons. The third-order valence-electron chi connectivity index (χ3n) is 4.77. The second-order valence-electron chi connectivity index (χ2n) is 7.05. The van der Waals surface area contributed by atoms with E-state index in [0.717, 1.165) is 29.7 Å². The third kappa shape index (κ3) is 4.34. The summed E-state index contributed by atoms with van der Waals surface area (Å²) in [6, 6.07) is 13.0. The quantitative estimate of drug-likeness (QED) is 0.757.